The minimum Gasteiger partial charge on any atom is -0.494 e. The summed E-state index contributed by atoms with van der Waals surface area (Å²) in [5.74, 6) is 1.63. The van der Waals surface area contributed by atoms with E-state index in [1.165, 1.54) is 81.9 Å². The minimum atomic E-state index is -0.110. The van der Waals surface area contributed by atoms with Gasteiger partial charge in [0.2, 0.25) is 0 Å². The zero-order valence-corrected chi connectivity index (χ0v) is 25.9. The fraction of sp³-hybridized carbons (Fsp3) is 0.531. The van der Waals surface area contributed by atoms with E-state index in [0.29, 0.717) is 12.2 Å². The van der Waals surface area contributed by atoms with Gasteiger partial charge in [-0.25, -0.2) is 0 Å². The van der Waals surface area contributed by atoms with Crippen LogP contribution in [-0.2, 0) is 6.54 Å². The van der Waals surface area contributed by atoms with Crippen molar-refractivity contribution >= 4 is 40.3 Å². The lowest BCUT2D eigenvalue weighted by Crippen LogP contribution is -2.17. The standard InChI is InChI=1S/C32H46N2O2S.BrH/c1-3-4-5-6-7-8-9-10-11-12-13-14-21-36-31-20-16-18-29(23-31)32(35)33-30-19-15-17-28(22-30)24-34-26-37-25-27(34)2;/h15-20,22-23,25H,3-14,21,24,26H2,1-2H3,(H,33,35);1H. The van der Waals surface area contributed by atoms with Crippen LogP contribution < -0.4 is 10.1 Å². The number of carbonyl (C=O) groups excluding carboxylic acids is 1. The number of unbranched alkanes of at least 4 members (excludes halogenated alkanes) is 11. The van der Waals surface area contributed by atoms with E-state index in [-0.39, 0.29) is 22.9 Å². The highest BCUT2D eigenvalue weighted by molar-refractivity contribution is 8.93. The van der Waals surface area contributed by atoms with Gasteiger partial charge in [0.1, 0.15) is 5.75 Å². The summed E-state index contributed by atoms with van der Waals surface area (Å²) in [6.07, 6.45) is 16.0. The van der Waals surface area contributed by atoms with Crippen molar-refractivity contribution in [1.82, 2.24) is 4.90 Å². The normalized spacial score (nSPS) is 12.7. The van der Waals surface area contributed by atoms with Gasteiger partial charge in [-0.15, -0.1) is 28.7 Å². The zero-order chi connectivity index (χ0) is 26.1. The zero-order valence-electron chi connectivity index (χ0n) is 23.4. The SMILES string of the molecule is Br.CCCCCCCCCCCCCCOc1cccc(C(=O)Nc2cccc(CN3CSC=C3C)c2)c1. The predicted molar refractivity (Wildman–Crippen MR) is 169 cm³/mol. The maximum absolute atomic E-state index is 12.9. The molecule has 1 amide bonds. The highest BCUT2D eigenvalue weighted by Crippen LogP contribution is 2.25. The maximum Gasteiger partial charge on any atom is 0.255 e. The van der Waals surface area contributed by atoms with E-state index in [0.717, 1.165) is 30.3 Å². The molecule has 0 fully saturated rings. The molecule has 0 aliphatic carbocycles. The van der Waals surface area contributed by atoms with E-state index in [2.05, 4.69) is 41.6 Å². The number of thioether (sulfide) groups is 1. The third kappa shape index (κ3) is 12.3. The fourth-order valence-electron chi connectivity index (χ4n) is 4.63. The van der Waals surface area contributed by atoms with Crippen molar-refractivity contribution in [2.24, 2.45) is 0 Å². The smallest absolute Gasteiger partial charge is 0.255 e. The second-order valence-corrected chi connectivity index (χ2v) is 11.0. The Balaban J connectivity index is 0.00000507. The topological polar surface area (TPSA) is 41.6 Å². The lowest BCUT2D eigenvalue weighted by Gasteiger charge is -2.19. The number of carbonyl (C=O) groups is 1. The van der Waals surface area contributed by atoms with Crippen molar-refractivity contribution in [3.63, 3.8) is 0 Å². The molecule has 3 rings (SSSR count). The van der Waals surface area contributed by atoms with Crippen LogP contribution in [0.1, 0.15) is 107 Å². The molecule has 38 heavy (non-hydrogen) atoms. The number of benzene rings is 2. The van der Waals surface area contributed by atoms with Crippen LogP contribution >= 0.6 is 28.7 Å². The van der Waals surface area contributed by atoms with Gasteiger partial charge in [0.15, 0.2) is 0 Å². The summed E-state index contributed by atoms with van der Waals surface area (Å²) in [6, 6.07) is 15.6. The number of amides is 1. The molecule has 210 valence electrons. The average molecular weight is 604 g/mol. The quantitative estimate of drug-likeness (QED) is 0.172. The molecule has 0 saturated carbocycles. The van der Waals surface area contributed by atoms with Gasteiger partial charge >= 0.3 is 0 Å². The molecule has 2 aromatic carbocycles. The molecule has 2 aromatic rings. The number of anilines is 1. The molecular weight excluding hydrogens is 556 g/mol. The van der Waals surface area contributed by atoms with Crippen LogP contribution in [0.5, 0.6) is 5.75 Å². The summed E-state index contributed by atoms with van der Waals surface area (Å²) in [6.45, 7) is 5.96. The number of hydrogen-bond acceptors (Lipinski definition) is 4. The van der Waals surface area contributed by atoms with E-state index in [1.54, 1.807) is 0 Å². The Morgan fingerprint density at radius 1 is 0.895 bits per heavy atom. The first-order chi connectivity index (χ1) is 18.2. The van der Waals surface area contributed by atoms with E-state index in [1.807, 2.05) is 48.2 Å². The van der Waals surface area contributed by atoms with Crippen LogP contribution in [0, 0.1) is 0 Å². The largest absolute Gasteiger partial charge is 0.494 e. The highest BCUT2D eigenvalue weighted by Gasteiger charge is 2.13. The Morgan fingerprint density at radius 3 is 2.21 bits per heavy atom. The van der Waals surface area contributed by atoms with Gasteiger partial charge in [0.25, 0.3) is 5.91 Å². The highest BCUT2D eigenvalue weighted by atomic mass is 79.9. The summed E-state index contributed by atoms with van der Waals surface area (Å²) in [7, 11) is 0. The first-order valence-electron chi connectivity index (χ1n) is 14.3. The molecule has 6 heteroatoms. The monoisotopic (exact) mass is 602 g/mol. The van der Waals surface area contributed by atoms with Gasteiger partial charge in [-0.05, 0) is 54.6 Å². The predicted octanol–water partition coefficient (Wildman–Crippen LogP) is 9.96. The molecule has 1 aliphatic rings. The maximum atomic E-state index is 12.9. The van der Waals surface area contributed by atoms with Crippen LogP contribution in [0.3, 0.4) is 0 Å². The minimum absolute atomic E-state index is 0. The number of halogens is 1. The van der Waals surface area contributed by atoms with Crippen molar-refractivity contribution < 1.29 is 9.53 Å². The Kier molecular flexibility index (Phi) is 16.3. The Hall–Kier alpha value is -1.92. The summed E-state index contributed by atoms with van der Waals surface area (Å²) in [4.78, 5) is 15.2. The molecule has 0 radical (unpaired) electrons. The molecule has 0 spiro atoms. The fourth-order valence-corrected chi connectivity index (χ4v) is 5.57. The van der Waals surface area contributed by atoms with Crippen molar-refractivity contribution in [3.05, 3.63) is 70.8 Å². The second-order valence-electron chi connectivity index (χ2n) is 10.2. The molecule has 0 bridgehead atoms. The molecule has 0 aromatic heterocycles. The third-order valence-corrected chi connectivity index (χ3v) is 7.87. The average Bonchev–Trinajstić information content (AvgIpc) is 3.31. The molecule has 0 saturated heterocycles. The Morgan fingerprint density at radius 2 is 1.55 bits per heavy atom. The van der Waals surface area contributed by atoms with E-state index >= 15 is 0 Å². The van der Waals surface area contributed by atoms with Crippen LogP contribution in [0.4, 0.5) is 5.69 Å². The van der Waals surface area contributed by atoms with Crippen LogP contribution in [-0.4, -0.2) is 23.3 Å². The van der Waals surface area contributed by atoms with Gasteiger partial charge in [0, 0.05) is 23.5 Å². The molecule has 1 aliphatic heterocycles. The number of nitrogens with zero attached hydrogens (tertiary/aromatic N) is 1. The van der Waals surface area contributed by atoms with Gasteiger partial charge in [-0.3, -0.25) is 4.79 Å². The van der Waals surface area contributed by atoms with Crippen LogP contribution in [0.25, 0.3) is 0 Å². The van der Waals surface area contributed by atoms with Gasteiger partial charge in [-0.1, -0.05) is 95.8 Å². The Labute approximate surface area is 245 Å². The first kappa shape index (κ1) is 32.3. The van der Waals surface area contributed by atoms with Crippen molar-refractivity contribution in [1.29, 1.82) is 0 Å². The van der Waals surface area contributed by atoms with Gasteiger partial charge < -0.3 is 15.0 Å². The molecule has 1 heterocycles. The van der Waals surface area contributed by atoms with E-state index in [9.17, 15) is 4.79 Å². The van der Waals surface area contributed by atoms with E-state index in [4.69, 9.17) is 4.74 Å². The van der Waals surface area contributed by atoms with Gasteiger partial charge in [-0.2, -0.15) is 0 Å². The number of allylic oxidation sites excluding steroid dienone is 1. The molecule has 1 N–H and O–H groups in total. The lowest BCUT2D eigenvalue weighted by atomic mass is 10.1. The molecular formula is C32H47BrN2O2S. The van der Waals surface area contributed by atoms with Crippen LogP contribution in [0.2, 0.25) is 0 Å². The van der Waals surface area contributed by atoms with Crippen molar-refractivity contribution in [3.8, 4) is 5.75 Å². The molecule has 0 unspecified atom stereocenters. The third-order valence-electron chi connectivity index (χ3n) is 6.90. The summed E-state index contributed by atoms with van der Waals surface area (Å²) in [5.41, 5.74) is 3.92. The summed E-state index contributed by atoms with van der Waals surface area (Å²) in [5, 5.41) is 5.24. The van der Waals surface area contributed by atoms with Crippen molar-refractivity contribution in [2.45, 2.75) is 97.4 Å². The lowest BCUT2D eigenvalue weighted by molar-refractivity contribution is 0.102. The second kappa shape index (κ2) is 19.2. The summed E-state index contributed by atoms with van der Waals surface area (Å²) < 4.78 is 5.95. The summed E-state index contributed by atoms with van der Waals surface area (Å²) >= 11 is 1.82. The van der Waals surface area contributed by atoms with Gasteiger partial charge in [0.05, 0.1) is 12.5 Å². The molecule has 0 atom stereocenters. The van der Waals surface area contributed by atoms with E-state index < -0.39 is 0 Å². The van der Waals surface area contributed by atoms with Crippen molar-refractivity contribution in [2.75, 3.05) is 17.8 Å². The number of rotatable bonds is 18. The number of hydrogen-bond donors (Lipinski definition) is 1. The number of nitrogens with one attached hydrogen (secondary N) is 1. The Bertz CT molecular complexity index is 981. The van der Waals surface area contributed by atoms with Crippen LogP contribution in [0.15, 0.2) is 59.6 Å². The number of ether oxygens (including phenoxy) is 1. The first-order valence-corrected chi connectivity index (χ1v) is 15.4. The molecule has 4 nitrogen and oxygen atoms in total.